The van der Waals surface area contributed by atoms with Gasteiger partial charge in [-0.25, -0.2) is 4.98 Å². The SMILES string of the molecule is CC(C)NCC(=Cc1cncn1C1CC1)C(C)C. The maximum atomic E-state index is 4.29. The van der Waals surface area contributed by atoms with Crippen LogP contribution in [0, 0.1) is 5.92 Å². The summed E-state index contributed by atoms with van der Waals surface area (Å²) in [6, 6.07) is 1.23. The van der Waals surface area contributed by atoms with Gasteiger partial charge in [-0.05, 0) is 24.8 Å². The molecule has 0 radical (unpaired) electrons. The number of rotatable bonds is 6. The van der Waals surface area contributed by atoms with E-state index in [1.165, 1.54) is 24.1 Å². The molecule has 1 aliphatic carbocycles. The van der Waals surface area contributed by atoms with Gasteiger partial charge in [0.25, 0.3) is 0 Å². The summed E-state index contributed by atoms with van der Waals surface area (Å²) in [5.74, 6) is 0.568. The first-order chi connectivity index (χ1) is 8.58. The second kappa shape index (κ2) is 5.70. The molecule has 2 rings (SSSR count). The molecule has 0 unspecified atom stereocenters. The van der Waals surface area contributed by atoms with Crippen molar-refractivity contribution in [3.05, 3.63) is 23.8 Å². The molecule has 18 heavy (non-hydrogen) atoms. The number of nitrogens with zero attached hydrogens (tertiary/aromatic N) is 2. The second-order valence-electron chi connectivity index (χ2n) is 5.87. The fourth-order valence-corrected chi connectivity index (χ4v) is 2.02. The molecule has 1 fully saturated rings. The van der Waals surface area contributed by atoms with Gasteiger partial charge < -0.3 is 9.88 Å². The lowest BCUT2D eigenvalue weighted by atomic mass is 10.0. The minimum atomic E-state index is 0.528. The van der Waals surface area contributed by atoms with E-state index >= 15 is 0 Å². The van der Waals surface area contributed by atoms with Crippen LogP contribution in [0.1, 0.15) is 52.3 Å². The van der Waals surface area contributed by atoms with Gasteiger partial charge in [-0.3, -0.25) is 0 Å². The van der Waals surface area contributed by atoms with Gasteiger partial charge in [-0.2, -0.15) is 0 Å². The third-order valence-electron chi connectivity index (χ3n) is 3.43. The van der Waals surface area contributed by atoms with Crippen molar-refractivity contribution in [2.75, 3.05) is 6.54 Å². The van der Waals surface area contributed by atoms with E-state index in [9.17, 15) is 0 Å². The first-order valence-corrected chi connectivity index (χ1v) is 7.03. The summed E-state index contributed by atoms with van der Waals surface area (Å²) in [6.45, 7) is 9.85. The Morgan fingerprint density at radius 1 is 1.44 bits per heavy atom. The molecule has 1 aromatic heterocycles. The van der Waals surface area contributed by atoms with Crippen LogP contribution < -0.4 is 5.32 Å². The zero-order chi connectivity index (χ0) is 13.1. The lowest BCUT2D eigenvalue weighted by Gasteiger charge is -2.15. The summed E-state index contributed by atoms with van der Waals surface area (Å²) >= 11 is 0. The average Bonchev–Trinajstić information content (AvgIpc) is 3.04. The van der Waals surface area contributed by atoms with Gasteiger partial charge in [0, 0.05) is 18.6 Å². The molecule has 0 aliphatic heterocycles. The molecule has 1 aliphatic rings. The van der Waals surface area contributed by atoms with E-state index in [-0.39, 0.29) is 0 Å². The monoisotopic (exact) mass is 247 g/mol. The van der Waals surface area contributed by atoms with Crippen molar-refractivity contribution in [2.45, 2.75) is 52.6 Å². The molecule has 0 saturated heterocycles. The number of aromatic nitrogens is 2. The molecule has 0 spiro atoms. The Morgan fingerprint density at radius 2 is 2.17 bits per heavy atom. The van der Waals surface area contributed by atoms with Gasteiger partial charge in [0.05, 0.1) is 18.2 Å². The summed E-state index contributed by atoms with van der Waals surface area (Å²) in [7, 11) is 0. The van der Waals surface area contributed by atoms with Crippen molar-refractivity contribution < 1.29 is 0 Å². The normalized spacial score (nSPS) is 16.9. The molecule has 3 heteroatoms. The molecule has 1 saturated carbocycles. The number of hydrogen-bond donors (Lipinski definition) is 1. The van der Waals surface area contributed by atoms with Gasteiger partial charge in [0.2, 0.25) is 0 Å². The zero-order valence-corrected chi connectivity index (χ0v) is 12.0. The van der Waals surface area contributed by atoms with E-state index in [2.05, 4.69) is 48.6 Å². The average molecular weight is 247 g/mol. The predicted molar refractivity (Wildman–Crippen MR) is 76.5 cm³/mol. The highest BCUT2D eigenvalue weighted by molar-refractivity contribution is 5.50. The summed E-state index contributed by atoms with van der Waals surface area (Å²) in [5.41, 5.74) is 2.71. The molecular formula is C15H25N3. The fourth-order valence-electron chi connectivity index (χ4n) is 2.02. The van der Waals surface area contributed by atoms with Crippen molar-refractivity contribution in [2.24, 2.45) is 5.92 Å². The Bertz CT molecular complexity index is 411. The standard InChI is InChI=1S/C15H25N3/c1-11(2)13(8-17-12(3)4)7-15-9-16-10-18(15)14-5-6-14/h7,9-12,14,17H,5-6,8H2,1-4H3. The summed E-state index contributed by atoms with van der Waals surface area (Å²) in [6.07, 6.45) is 8.87. The predicted octanol–water partition coefficient (Wildman–Crippen LogP) is 3.26. The molecule has 0 aromatic carbocycles. The smallest absolute Gasteiger partial charge is 0.0953 e. The van der Waals surface area contributed by atoms with Crippen molar-refractivity contribution in [3.63, 3.8) is 0 Å². The highest BCUT2D eigenvalue weighted by Gasteiger charge is 2.24. The molecule has 3 nitrogen and oxygen atoms in total. The number of hydrogen-bond acceptors (Lipinski definition) is 2. The molecule has 0 atom stereocenters. The lowest BCUT2D eigenvalue weighted by molar-refractivity contribution is 0.592. The zero-order valence-electron chi connectivity index (χ0n) is 12.0. The van der Waals surface area contributed by atoms with Crippen LogP contribution >= 0.6 is 0 Å². The van der Waals surface area contributed by atoms with Crippen molar-refractivity contribution in [1.82, 2.24) is 14.9 Å². The van der Waals surface area contributed by atoms with E-state index in [0.717, 1.165) is 6.54 Å². The van der Waals surface area contributed by atoms with Gasteiger partial charge in [-0.1, -0.05) is 33.3 Å². The van der Waals surface area contributed by atoms with Gasteiger partial charge in [0.1, 0.15) is 0 Å². The Kier molecular flexibility index (Phi) is 4.23. The Balaban J connectivity index is 2.12. The summed E-state index contributed by atoms with van der Waals surface area (Å²) in [4.78, 5) is 4.29. The van der Waals surface area contributed by atoms with Crippen LogP contribution in [0.2, 0.25) is 0 Å². The fraction of sp³-hybridized carbons (Fsp3) is 0.667. The minimum absolute atomic E-state index is 0.528. The molecule has 0 bridgehead atoms. The molecule has 1 heterocycles. The van der Waals surface area contributed by atoms with Crippen LogP contribution in [-0.4, -0.2) is 22.1 Å². The quantitative estimate of drug-likeness (QED) is 0.836. The van der Waals surface area contributed by atoms with E-state index in [1.807, 2.05) is 12.5 Å². The van der Waals surface area contributed by atoms with Gasteiger partial charge in [0.15, 0.2) is 0 Å². The topological polar surface area (TPSA) is 29.9 Å². The summed E-state index contributed by atoms with van der Waals surface area (Å²) < 4.78 is 2.32. The first kappa shape index (κ1) is 13.3. The number of nitrogens with one attached hydrogen (secondary N) is 1. The molecule has 1 aromatic rings. The highest BCUT2D eigenvalue weighted by Crippen LogP contribution is 2.36. The van der Waals surface area contributed by atoms with E-state index < -0.39 is 0 Å². The molecule has 1 N–H and O–H groups in total. The maximum Gasteiger partial charge on any atom is 0.0953 e. The first-order valence-electron chi connectivity index (χ1n) is 7.03. The van der Waals surface area contributed by atoms with Crippen LogP contribution in [0.4, 0.5) is 0 Å². The number of imidazole rings is 1. The largest absolute Gasteiger partial charge is 0.328 e. The van der Waals surface area contributed by atoms with E-state index in [0.29, 0.717) is 18.0 Å². The maximum absolute atomic E-state index is 4.29. The van der Waals surface area contributed by atoms with Gasteiger partial charge in [-0.15, -0.1) is 0 Å². The van der Waals surface area contributed by atoms with Crippen molar-refractivity contribution in [1.29, 1.82) is 0 Å². The molecular weight excluding hydrogens is 222 g/mol. The van der Waals surface area contributed by atoms with Crippen LogP contribution in [-0.2, 0) is 0 Å². The minimum Gasteiger partial charge on any atom is -0.328 e. The van der Waals surface area contributed by atoms with Crippen LogP contribution in [0.3, 0.4) is 0 Å². The van der Waals surface area contributed by atoms with Crippen LogP contribution in [0.5, 0.6) is 0 Å². The molecule has 100 valence electrons. The van der Waals surface area contributed by atoms with Gasteiger partial charge >= 0.3 is 0 Å². The Morgan fingerprint density at radius 3 is 2.72 bits per heavy atom. The third kappa shape index (κ3) is 3.45. The second-order valence-corrected chi connectivity index (χ2v) is 5.87. The van der Waals surface area contributed by atoms with Crippen LogP contribution in [0.25, 0.3) is 6.08 Å². The van der Waals surface area contributed by atoms with Crippen molar-refractivity contribution >= 4 is 6.08 Å². The Labute approximate surface area is 110 Å². The van der Waals surface area contributed by atoms with Crippen LogP contribution in [0.15, 0.2) is 18.1 Å². The summed E-state index contributed by atoms with van der Waals surface area (Å²) in [5, 5.41) is 3.51. The van der Waals surface area contributed by atoms with E-state index in [1.54, 1.807) is 0 Å². The molecule has 0 amide bonds. The lowest BCUT2D eigenvalue weighted by Crippen LogP contribution is -2.26. The van der Waals surface area contributed by atoms with E-state index in [4.69, 9.17) is 0 Å². The third-order valence-corrected chi connectivity index (χ3v) is 3.43. The Hall–Kier alpha value is -1.09. The van der Waals surface area contributed by atoms with Crippen molar-refractivity contribution in [3.8, 4) is 0 Å². The highest BCUT2D eigenvalue weighted by atomic mass is 15.1.